The van der Waals surface area contributed by atoms with Crippen LogP contribution < -0.4 is 0 Å². The van der Waals surface area contributed by atoms with Gasteiger partial charge in [0.05, 0.1) is 0 Å². The molecule has 2 nitrogen and oxygen atoms in total. The molecule has 2 aromatic rings. The maximum absolute atomic E-state index is 12.8. The number of hydrogen-bond acceptors (Lipinski definition) is 3. The molecular formula is C16H20O2S. The predicted molar refractivity (Wildman–Crippen MR) is 81.0 cm³/mol. The van der Waals surface area contributed by atoms with Gasteiger partial charge in [-0.15, -0.1) is 11.3 Å². The van der Waals surface area contributed by atoms with E-state index in [4.69, 9.17) is 4.74 Å². The zero-order valence-electron chi connectivity index (χ0n) is 11.9. The highest BCUT2D eigenvalue weighted by atomic mass is 32.1. The van der Waals surface area contributed by atoms with Crippen molar-refractivity contribution in [3.8, 4) is 0 Å². The number of hydrogen-bond donors (Lipinski definition) is 0. The van der Waals surface area contributed by atoms with E-state index in [0.29, 0.717) is 6.61 Å². The topological polar surface area (TPSA) is 26.3 Å². The average Bonchev–Trinajstić information content (AvgIpc) is 2.81. The second-order valence-electron chi connectivity index (χ2n) is 5.71. The van der Waals surface area contributed by atoms with Crippen LogP contribution in [0.15, 0.2) is 29.6 Å². The lowest BCUT2D eigenvalue weighted by molar-refractivity contribution is -0.0000865. The molecule has 0 saturated heterocycles. The third-order valence-corrected chi connectivity index (χ3v) is 4.07. The summed E-state index contributed by atoms with van der Waals surface area (Å²) in [5, 5.41) is 3.15. The average molecular weight is 276 g/mol. The fourth-order valence-corrected chi connectivity index (χ4v) is 3.13. The second kappa shape index (κ2) is 5.43. The fraction of sp³-hybridized carbons (Fsp3) is 0.438. The minimum Gasteiger partial charge on any atom is -0.370 e. The lowest BCUT2D eigenvalue weighted by Crippen LogP contribution is -2.37. The van der Waals surface area contributed by atoms with Gasteiger partial charge >= 0.3 is 0 Å². The highest BCUT2D eigenvalue weighted by Crippen LogP contribution is 2.30. The summed E-state index contributed by atoms with van der Waals surface area (Å²) >= 11 is 1.61. The molecule has 0 aliphatic carbocycles. The summed E-state index contributed by atoms with van der Waals surface area (Å²) in [7, 11) is 0. The Morgan fingerprint density at radius 2 is 2.05 bits per heavy atom. The van der Waals surface area contributed by atoms with Crippen LogP contribution in [0.5, 0.6) is 0 Å². The van der Waals surface area contributed by atoms with Gasteiger partial charge in [-0.2, -0.15) is 0 Å². The van der Waals surface area contributed by atoms with Crippen molar-refractivity contribution in [3.05, 3.63) is 35.2 Å². The third kappa shape index (κ3) is 2.88. The molecule has 0 aliphatic rings. The number of rotatable bonds is 4. The number of Topliss-reactive ketones (excluding diaryl/α,β-unsaturated/α-hetero) is 1. The van der Waals surface area contributed by atoms with Crippen molar-refractivity contribution in [2.45, 2.75) is 33.8 Å². The molecule has 19 heavy (non-hydrogen) atoms. The number of carbonyl (C=O) groups excluding carboxylic acids is 1. The van der Waals surface area contributed by atoms with E-state index in [1.807, 2.05) is 57.3 Å². The van der Waals surface area contributed by atoms with Crippen LogP contribution in [0.4, 0.5) is 0 Å². The Labute approximate surface area is 118 Å². The van der Waals surface area contributed by atoms with Crippen LogP contribution >= 0.6 is 11.3 Å². The van der Waals surface area contributed by atoms with Gasteiger partial charge in [0.1, 0.15) is 6.10 Å². The van der Waals surface area contributed by atoms with Gasteiger partial charge in [-0.1, -0.05) is 32.9 Å². The first-order valence-electron chi connectivity index (χ1n) is 6.57. The first-order chi connectivity index (χ1) is 8.95. The van der Waals surface area contributed by atoms with Crippen molar-refractivity contribution in [3.63, 3.8) is 0 Å². The summed E-state index contributed by atoms with van der Waals surface area (Å²) < 4.78 is 6.76. The fourth-order valence-electron chi connectivity index (χ4n) is 2.21. The van der Waals surface area contributed by atoms with E-state index in [2.05, 4.69) is 0 Å². The zero-order valence-corrected chi connectivity index (χ0v) is 12.7. The molecule has 0 radical (unpaired) electrons. The maximum atomic E-state index is 12.8. The van der Waals surface area contributed by atoms with E-state index in [0.717, 1.165) is 15.6 Å². The van der Waals surface area contributed by atoms with Crippen molar-refractivity contribution < 1.29 is 9.53 Å². The molecule has 1 aromatic heterocycles. The molecular weight excluding hydrogens is 256 g/mol. The minimum absolute atomic E-state index is 0.0856. The van der Waals surface area contributed by atoms with Crippen molar-refractivity contribution in [1.82, 2.24) is 0 Å². The molecule has 1 heterocycles. The minimum atomic E-state index is -0.398. The van der Waals surface area contributed by atoms with Crippen LogP contribution in [0.2, 0.25) is 0 Å². The van der Waals surface area contributed by atoms with Crippen molar-refractivity contribution in [1.29, 1.82) is 0 Å². The lowest BCUT2D eigenvalue weighted by Gasteiger charge is -2.29. The van der Waals surface area contributed by atoms with Crippen molar-refractivity contribution >= 4 is 27.2 Å². The monoisotopic (exact) mass is 276 g/mol. The Morgan fingerprint density at radius 1 is 1.32 bits per heavy atom. The Hall–Kier alpha value is -1.19. The summed E-state index contributed by atoms with van der Waals surface area (Å²) in [6.07, 6.45) is -0.398. The molecule has 1 aromatic carbocycles. The second-order valence-corrected chi connectivity index (χ2v) is 6.63. The Kier molecular flexibility index (Phi) is 4.07. The van der Waals surface area contributed by atoms with Crippen molar-refractivity contribution in [2.75, 3.05) is 6.61 Å². The highest BCUT2D eigenvalue weighted by molar-refractivity contribution is 7.17. The van der Waals surface area contributed by atoms with Gasteiger partial charge in [0.15, 0.2) is 5.78 Å². The summed E-state index contributed by atoms with van der Waals surface area (Å²) in [6, 6.07) is 7.92. The molecule has 0 amide bonds. The first-order valence-corrected chi connectivity index (χ1v) is 7.45. The Balaban J connectivity index is 2.44. The van der Waals surface area contributed by atoms with Crippen LogP contribution in [-0.4, -0.2) is 18.5 Å². The van der Waals surface area contributed by atoms with Crippen LogP contribution in [0.3, 0.4) is 0 Å². The third-order valence-electron chi connectivity index (χ3n) is 3.10. The van der Waals surface area contributed by atoms with Gasteiger partial charge < -0.3 is 4.74 Å². The number of carbonyl (C=O) groups is 1. The number of ether oxygens (including phenoxy) is 1. The molecule has 0 aliphatic heterocycles. The molecule has 1 atom stereocenters. The standard InChI is InChI=1S/C16H20O2S/c1-5-18-15(16(2,3)4)13(17)12-8-6-7-11-9-10-19-14(11)12/h6-10,15H,5H2,1-4H3. The molecule has 0 saturated carbocycles. The Morgan fingerprint density at radius 3 is 2.68 bits per heavy atom. The summed E-state index contributed by atoms with van der Waals surface area (Å²) in [4.78, 5) is 12.8. The van der Waals surface area contributed by atoms with E-state index in [1.165, 1.54) is 0 Å². The first kappa shape index (κ1) is 14.2. The van der Waals surface area contributed by atoms with Crippen molar-refractivity contribution in [2.24, 2.45) is 5.41 Å². The molecule has 1 unspecified atom stereocenters. The van der Waals surface area contributed by atoms with Gasteiger partial charge in [0.25, 0.3) is 0 Å². The molecule has 0 bridgehead atoms. The van der Waals surface area contributed by atoms with E-state index in [-0.39, 0.29) is 11.2 Å². The number of benzene rings is 1. The van der Waals surface area contributed by atoms with Crippen LogP contribution in [0.25, 0.3) is 10.1 Å². The van der Waals surface area contributed by atoms with E-state index < -0.39 is 6.10 Å². The molecule has 3 heteroatoms. The summed E-state index contributed by atoms with van der Waals surface area (Å²) in [5.41, 5.74) is 0.577. The summed E-state index contributed by atoms with van der Waals surface area (Å²) in [6.45, 7) is 8.60. The van der Waals surface area contributed by atoms with E-state index in [1.54, 1.807) is 11.3 Å². The SMILES string of the molecule is CCOC(C(=O)c1cccc2ccsc12)C(C)(C)C. The maximum Gasteiger partial charge on any atom is 0.193 e. The molecule has 102 valence electrons. The smallest absolute Gasteiger partial charge is 0.193 e. The normalized spacial score (nSPS) is 13.7. The number of ketones is 1. The lowest BCUT2D eigenvalue weighted by atomic mass is 9.84. The van der Waals surface area contributed by atoms with Crippen LogP contribution in [0, 0.1) is 5.41 Å². The van der Waals surface area contributed by atoms with E-state index >= 15 is 0 Å². The number of thiophene rings is 1. The van der Waals surface area contributed by atoms with Gasteiger partial charge in [-0.3, -0.25) is 4.79 Å². The van der Waals surface area contributed by atoms with Crippen LogP contribution in [0.1, 0.15) is 38.1 Å². The molecule has 0 spiro atoms. The zero-order chi connectivity index (χ0) is 14.0. The van der Waals surface area contributed by atoms with Crippen LogP contribution in [-0.2, 0) is 4.74 Å². The van der Waals surface area contributed by atoms with E-state index in [9.17, 15) is 4.79 Å². The quantitative estimate of drug-likeness (QED) is 0.767. The Bertz CT molecular complexity index is 578. The van der Waals surface area contributed by atoms with Gasteiger partial charge in [-0.05, 0) is 35.2 Å². The van der Waals surface area contributed by atoms with Gasteiger partial charge in [0.2, 0.25) is 0 Å². The predicted octanol–water partition coefficient (Wildman–Crippen LogP) is 4.54. The van der Waals surface area contributed by atoms with Gasteiger partial charge in [0, 0.05) is 16.9 Å². The largest absolute Gasteiger partial charge is 0.370 e. The molecule has 0 N–H and O–H groups in total. The summed E-state index contributed by atoms with van der Waals surface area (Å²) in [5.74, 6) is 0.0856. The highest BCUT2D eigenvalue weighted by Gasteiger charge is 2.33. The molecule has 2 rings (SSSR count). The van der Waals surface area contributed by atoms with Gasteiger partial charge in [-0.25, -0.2) is 0 Å². The number of fused-ring (bicyclic) bond motifs is 1. The molecule has 0 fully saturated rings.